The average molecular weight is 681 g/mol. The van der Waals surface area contributed by atoms with Crippen LogP contribution in [0.5, 0.6) is 0 Å². The fourth-order valence-corrected chi connectivity index (χ4v) is 7.29. The van der Waals surface area contributed by atoms with Gasteiger partial charge in [0, 0.05) is 10.8 Å². The van der Waals surface area contributed by atoms with E-state index in [0.29, 0.717) is 22.1 Å². The van der Waals surface area contributed by atoms with Crippen molar-refractivity contribution in [2.75, 3.05) is 11.5 Å². The summed E-state index contributed by atoms with van der Waals surface area (Å²) in [6.45, 7) is 3.83. The lowest BCUT2D eigenvalue weighted by Crippen LogP contribution is -2.04. The molecule has 0 saturated carbocycles. The van der Waals surface area contributed by atoms with Gasteiger partial charge in [0.1, 0.15) is 21.2 Å². The highest BCUT2D eigenvalue weighted by molar-refractivity contribution is 7.86. The normalized spacial score (nSPS) is 12.5. The molecule has 14 heteroatoms. The molecule has 0 aliphatic carbocycles. The number of fused-ring (bicyclic) bond motifs is 2. The molecule has 0 aliphatic rings. The largest absolute Gasteiger partial charge is 0.396 e. The highest BCUT2D eigenvalue weighted by atomic mass is 32.2. The number of nitrogens with two attached hydrogens (primary N) is 2. The zero-order valence-electron chi connectivity index (χ0n) is 25.5. The molecular weight excluding hydrogens is 653 g/mol. The summed E-state index contributed by atoms with van der Waals surface area (Å²) < 4.78 is 68.1. The number of rotatable bonds is 7. The van der Waals surface area contributed by atoms with Gasteiger partial charge in [-0.3, -0.25) is 9.11 Å². The lowest BCUT2D eigenvalue weighted by molar-refractivity contribution is 0.482. The third-order valence-electron chi connectivity index (χ3n) is 7.81. The van der Waals surface area contributed by atoms with E-state index in [9.17, 15) is 25.9 Å². The molecule has 242 valence electrons. The van der Waals surface area contributed by atoms with E-state index in [-0.39, 0.29) is 33.5 Å². The molecule has 0 radical (unpaired) electrons. The van der Waals surface area contributed by atoms with E-state index in [0.717, 1.165) is 22.3 Å². The third kappa shape index (κ3) is 6.24. The summed E-state index contributed by atoms with van der Waals surface area (Å²) in [6.07, 6.45) is 0. The number of hydrogen-bond donors (Lipinski definition) is 4. The Morgan fingerprint density at radius 2 is 0.896 bits per heavy atom. The molecule has 0 aromatic heterocycles. The highest BCUT2D eigenvalue weighted by Crippen LogP contribution is 2.39. The van der Waals surface area contributed by atoms with Crippen LogP contribution in [0.25, 0.3) is 32.7 Å². The standard InChI is InChI=1S/C34H28N6O6S2/c1-19-15-23(37-39-29-17-21-7-3-5-9-27(21)33(31(29)35)47(41,42)43)11-13-25(19)26-14-12-24(16-20(26)2)38-40-30-18-22-8-4-6-10-28(22)34(32(30)36)48(44,45)46/h3-18H,35-36H2,1-2H3,(H,41,42,43)(H,44,45,46)/b39-37+,40-38+. The van der Waals surface area contributed by atoms with Crippen molar-refractivity contribution in [2.24, 2.45) is 20.5 Å². The second-order valence-corrected chi connectivity index (χ2v) is 13.8. The molecule has 0 spiro atoms. The SMILES string of the molecule is Cc1cc(/N=N/c2cc3ccccc3c(S(=O)(=O)O)c2N)ccc1-c1ccc(/N=N/c2cc3ccccc3c(S(=O)(=O)O)c2N)cc1C. The van der Waals surface area contributed by atoms with Crippen molar-refractivity contribution < 1.29 is 25.9 Å². The number of azo groups is 2. The molecule has 6 N–H and O–H groups in total. The number of nitrogen functional groups attached to an aromatic ring is 2. The van der Waals surface area contributed by atoms with Gasteiger partial charge in [0.25, 0.3) is 20.2 Å². The van der Waals surface area contributed by atoms with Gasteiger partial charge in [0.2, 0.25) is 0 Å². The van der Waals surface area contributed by atoms with Gasteiger partial charge in [-0.2, -0.15) is 27.1 Å². The fraction of sp³-hybridized carbons (Fsp3) is 0.0588. The van der Waals surface area contributed by atoms with Crippen molar-refractivity contribution in [1.82, 2.24) is 0 Å². The molecule has 12 nitrogen and oxygen atoms in total. The van der Waals surface area contributed by atoms with E-state index in [1.807, 2.05) is 38.1 Å². The van der Waals surface area contributed by atoms with Crippen LogP contribution in [-0.2, 0) is 20.2 Å². The lowest BCUT2D eigenvalue weighted by atomic mass is 9.96. The lowest BCUT2D eigenvalue weighted by Gasteiger charge is -2.11. The van der Waals surface area contributed by atoms with Crippen LogP contribution in [-0.4, -0.2) is 25.9 Å². The molecule has 0 heterocycles. The topological polar surface area (TPSA) is 210 Å². The zero-order chi connectivity index (χ0) is 34.4. The molecule has 0 unspecified atom stereocenters. The minimum atomic E-state index is -4.63. The fourth-order valence-electron chi connectivity index (χ4n) is 5.60. The summed E-state index contributed by atoms with van der Waals surface area (Å²) in [5.74, 6) is 0. The van der Waals surface area contributed by atoms with Crippen LogP contribution < -0.4 is 11.5 Å². The molecule has 0 aliphatic heterocycles. The van der Waals surface area contributed by atoms with Gasteiger partial charge in [0.15, 0.2) is 0 Å². The Bertz CT molecular complexity index is 2390. The first-order chi connectivity index (χ1) is 22.7. The molecule has 0 saturated heterocycles. The second-order valence-electron chi connectivity index (χ2n) is 11.1. The number of anilines is 2. The molecule has 0 atom stereocenters. The first kappa shape index (κ1) is 32.4. The van der Waals surface area contributed by atoms with Crippen LogP contribution in [0.15, 0.2) is 127 Å². The number of aryl methyl sites for hydroxylation is 2. The van der Waals surface area contributed by atoms with Crippen molar-refractivity contribution in [3.63, 3.8) is 0 Å². The molecule has 0 bridgehead atoms. The van der Waals surface area contributed by atoms with Crippen molar-refractivity contribution >= 4 is 75.9 Å². The molecule has 6 rings (SSSR count). The van der Waals surface area contributed by atoms with Gasteiger partial charge in [-0.1, -0.05) is 60.7 Å². The Morgan fingerprint density at radius 3 is 1.25 bits per heavy atom. The summed E-state index contributed by atoms with van der Waals surface area (Å²) in [5.41, 5.74) is 16.6. The Morgan fingerprint density at radius 1 is 0.521 bits per heavy atom. The van der Waals surface area contributed by atoms with Gasteiger partial charge >= 0.3 is 0 Å². The first-order valence-electron chi connectivity index (χ1n) is 14.3. The maximum Gasteiger partial charge on any atom is 0.297 e. The summed E-state index contributed by atoms with van der Waals surface area (Å²) in [6, 6.07) is 27.4. The van der Waals surface area contributed by atoms with Crippen LogP contribution in [0.3, 0.4) is 0 Å². The van der Waals surface area contributed by atoms with E-state index in [1.165, 1.54) is 0 Å². The summed E-state index contributed by atoms with van der Waals surface area (Å²) >= 11 is 0. The van der Waals surface area contributed by atoms with E-state index in [2.05, 4.69) is 20.5 Å². The van der Waals surface area contributed by atoms with Crippen molar-refractivity contribution in [3.8, 4) is 11.1 Å². The predicted molar refractivity (Wildman–Crippen MR) is 186 cm³/mol. The maximum atomic E-state index is 12.1. The third-order valence-corrected chi connectivity index (χ3v) is 9.72. The highest BCUT2D eigenvalue weighted by Gasteiger charge is 2.22. The van der Waals surface area contributed by atoms with E-state index >= 15 is 0 Å². The molecular formula is C34H28N6O6S2. The number of hydrogen-bond acceptors (Lipinski definition) is 10. The van der Waals surface area contributed by atoms with Crippen LogP contribution in [0, 0.1) is 13.8 Å². The van der Waals surface area contributed by atoms with Gasteiger partial charge in [-0.05, 0) is 83.3 Å². The van der Waals surface area contributed by atoms with Crippen LogP contribution in [0.1, 0.15) is 11.1 Å². The quantitative estimate of drug-likeness (QED) is 0.0725. The number of nitrogens with zero attached hydrogens (tertiary/aromatic N) is 4. The summed E-state index contributed by atoms with van der Waals surface area (Å²) in [5, 5.41) is 18.6. The van der Waals surface area contributed by atoms with Gasteiger partial charge in [-0.25, -0.2) is 0 Å². The minimum Gasteiger partial charge on any atom is -0.396 e. The minimum absolute atomic E-state index is 0.100. The first-order valence-corrected chi connectivity index (χ1v) is 17.2. The van der Waals surface area contributed by atoms with Gasteiger partial charge in [-0.15, -0.1) is 10.2 Å². The van der Waals surface area contributed by atoms with Crippen molar-refractivity contribution in [3.05, 3.63) is 108 Å². The van der Waals surface area contributed by atoms with Crippen molar-refractivity contribution in [1.29, 1.82) is 0 Å². The molecule has 6 aromatic rings. The second kappa shape index (κ2) is 12.2. The van der Waals surface area contributed by atoms with Crippen LogP contribution in [0.2, 0.25) is 0 Å². The molecule has 6 aromatic carbocycles. The summed E-state index contributed by atoms with van der Waals surface area (Å²) in [7, 11) is -9.25. The Balaban J connectivity index is 1.28. The zero-order valence-corrected chi connectivity index (χ0v) is 27.2. The van der Waals surface area contributed by atoms with E-state index in [1.54, 1.807) is 72.8 Å². The van der Waals surface area contributed by atoms with Gasteiger partial charge in [0.05, 0.1) is 22.7 Å². The molecule has 0 fully saturated rings. The monoisotopic (exact) mass is 680 g/mol. The van der Waals surface area contributed by atoms with Crippen LogP contribution >= 0.6 is 0 Å². The van der Waals surface area contributed by atoms with Gasteiger partial charge < -0.3 is 11.5 Å². The smallest absolute Gasteiger partial charge is 0.297 e. The van der Waals surface area contributed by atoms with E-state index in [4.69, 9.17) is 11.5 Å². The average Bonchev–Trinajstić information content (AvgIpc) is 3.02. The van der Waals surface area contributed by atoms with Crippen molar-refractivity contribution in [2.45, 2.75) is 23.6 Å². The van der Waals surface area contributed by atoms with E-state index < -0.39 is 30.0 Å². The summed E-state index contributed by atoms with van der Waals surface area (Å²) in [4.78, 5) is -0.828. The predicted octanol–water partition coefficient (Wildman–Crippen LogP) is 8.77. The van der Waals surface area contributed by atoms with Crippen LogP contribution in [0.4, 0.5) is 34.1 Å². The molecule has 48 heavy (non-hydrogen) atoms. The Labute approximate surface area is 276 Å². The Hall–Kier alpha value is -5.54. The number of benzene rings is 6. The maximum absolute atomic E-state index is 12.1. The molecule has 0 amide bonds. The Kier molecular flexibility index (Phi) is 8.26.